The third-order valence-electron chi connectivity index (χ3n) is 5.65. The Labute approximate surface area is 131 Å². The Morgan fingerprint density at radius 1 is 1.13 bits per heavy atom. The molecule has 5 rings (SSSR count). The van der Waals surface area contributed by atoms with E-state index in [9.17, 15) is 18.0 Å². The van der Waals surface area contributed by atoms with Crippen LogP contribution in [0.5, 0.6) is 0 Å². The molecule has 8 heteroatoms. The van der Waals surface area contributed by atoms with Crippen molar-refractivity contribution in [3.63, 3.8) is 0 Å². The minimum absolute atomic E-state index is 0.177. The van der Waals surface area contributed by atoms with Gasteiger partial charge < -0.3 is 0 Å². The summed E-state index contributed by atoms with van der Waals surface area (Å²) in [6, 6.07) is 0.265. The van der Waals surface area contributed by atoms with Gasteiger partial charge in [-0.1, -0.05) is 0 Å². The van der Waals surface area contributed by atoms with E-state index in [4.69, 9.17) is 0 Å². The molecule has 1 aromatic rings. The number of alkyl halides is 3. The molecule has 0 aromatic carbocycles. The summed E-state index contributed by atoms with van der Waals surface area (Å²) in [5, 5.41) is 10.3. The van der Waals surface area contributed by atoms with Gasteiger partial charge >= 0.3 is 6.18 Å². The number of nitrogens with one attached hydrogen (secondary N) is 1. The monoisotopic (exact) mass is 328 g/mol. The van der Waals surface area contributed by atoms with Crippen LogP contribution in [0, 0.1) is 23.7 Å². The SMILES string of the molecule is O=C(Nc1nncn1C1CC1)[C@H]1C2CCC(CC2)[C@@H]1C(F)(F)F. The molecule has 0 saturated heterocycles. The highest BCUT2D eigenvalue weighted by Gasteiger charge is 2.58. The van der Waals surface area contributed by atoms with E-state index in [1.54, 1.807) is 4.57 Å². The van der Waals surface area contributed by atoms with E-state index < -0.39 is 29.8 Å². The van der Waals surface area contributed by atoms with Crippen LogP contribution in [-0.2, 0) is 4.79 Å². The van der Waals surface area contributed by atoms with Crippen molar-refractivity contribution in [1.29, 1.82) is 0 Å². The zero-order valence-electron chi connectivity index (χ0n) is 12.6. The van der Waals surface area contributed by atoms with Crippen LogP contribution in [0.1, 0.15) is 44.6 Å². The molecule has 0 aliphatic heterocycles. The molecule has 0 spiro atoms. The van der Waals surface area contributed by atoms with Crippen LogP contribution in [-0.4, -0.2) is 26.8 Å². The largest absolute Gasteiger partial charge is 0.392 e. The highest BCUT2D eigenvalue weighted by atomic mass is 19.4. The van der Waals surface area contributed by atoms with Crippen molar-refractivity contribution in [3.05, 3.63) is 6.33 Å². The predicted molar refractivity (Wildman–Crippen MR) is 75.4 cm³/mol. The van der Waals surface area contributed by atoms with Gasteiger partial charge in [0, 0.05) is 6.04 Å². The molecule has 2 bridgehead atoms. The molecule has 0 radical (unpaired) electrons. The van der Waals surface area contributed by atoms with Gasteiger partial charge in [0.05, 0.1) is 11.8 Å². The Hall–Kier alpha value is -1.60. The number of halogens is 3. The van der Waals surface area contributed by atoms with Crippen LogP contribution in [0.25, 0.3) is 0 Å². The van der Waals surface area contributed by atoms with Gasteiger partial charge in [-0.3, -0.25) is 14.7 Å². The van der Waals surface area contributed by atoms with Crippen molar-refractivity contribution in [3.8, 4) is 0 Å². The van der Waals surface area contributed by atoms with Gasteiger partial charge in [-0.15, -0.1) is 10.2 Å². The molecule has 4 fully saturated rings. The number of rotatable bonds is 3. The number of nitrogens with zero attached hydrogens (tertiary/aromatic N) is 3. The van der Waals surface area contributed by atoms with Crippen LogP contribution >= 0.6 is 0 Å². The highest BCUT2D eigenvalue weighted by Crippen LogP contribution is 2.54. The van der Waals surface area contributed by atoms with E-state index in [0.717, 1.165) is 12.8 Å². The predicted octanol–water partition coefficient (Wildman–Crippen LogP) is 3.17. The molecule has 126 valence electrons. The number of hydrogen-bond acceptors (Lipinski definition) is 3. The highest BCUT2D eigenvalue weighted by molar-refractivity contribution is 5.91. The Morgan fingerprint density at radius 2 is 1.78 bits per heavy atom. The molecule has 1 heterocycles. The molecular formula is C15H19F3N4O. The molecule has 4 saturated carbocycles. The summed E-state index contributed by atoms with van der Waals surface area (Å²) in [6.07, 6.45) is 1.76. The first-order valence-electron chi connectivity index (χ1n) is 8.22. The van der Waals surface area contributed by atoms with Gasteiger partial charge in [-0.25, -0.2) is 0 Å². The van der Waals surface area contributed by atoms with E-state index in [-0.39, 0.29) is 17.9 Å². The molecule has 1 amide bonds. The summed E-state index contributed by atoms with van der Waals surface area (Å²) >= 11 is 0. The Kier molecular flexibility index (Phi) is 3.39. The van der Waals surface area contributed by atoms with Crippen molar-refractivity contribution >= 4 is 11.9 Å². The average molecular weight is 328 g/mol. The fourth-order valence-electron chi connectivity index (χ4n) is 4.44. The molecule has 4 aliphatic carbocycles. The van der Waals surface area contributed by atoms with Crippen LogP contribution in [0.4, 0.5) is 19.1 Å². The van der Waals surface area contributed by atoms with E-state index in [1.807, 2.05) is 0 Å². The first-order valence-corrected chi connectivity index (χ1v) is 8.22. The van der Waals surface area contributed by atoms with Gasteiger partial charge in [0.1, 0.15) is 6.33 Å². The first-order chi connectivity index (χ1) is 10.9. The molecule has 2 atom stereocenters. The van der Waals surface area contributed by atoms with E-state index >= 15 is 0 Å². The lowest BCUT2D eigenvalue weighted by atomic mass is 9.58. The lowest BCUT2D eigenvalue weighted by molar-refractivity contribution is -0.227. The fourth-order valence-corrected chi connectivity index (χ4v) is 4.44. The second-order valence-electron chi connectivity index (χ2n) is 7.05. The number of hydrogen-bond donors (Lipinski definition) is 1. The topological polar surface area (TPSA) is 59.8 Å². The third-order valence-corrected chi connectivity index (χ3v) is 5.65. The first kappa shape index (κ1) is 15.0. The number of carbonyl (C=O) groups is 1. The normalized spacial score (nSPS) is 33.7. The maximum Gasteiger partial charge on any atom is 0.392 e. The number of amides is 1. The van der Waals surface area contributed by atoms with Crippen molar-refractivity contribution in [2.75, 3.05) is 5.32 Å². The minimum atomic E-state index is -4.32. The van der Waals surface area contributed by atoms with E-state index in [1.165, 1.54) is 6.33 Å². The van der Waals surface area contributed by atoms with Crippen LogP contribution < -0.4 is 5.32 Å². The summed E-state index contributed by atoms with van der Waals surface area (Å²) in [6.45, 7) is 0. The maximum atomic E-state index is 13.5. The number of fused-ring (bicyclic) bond motifs is 3. The molecular weight excluding hydrogens is 309 g/mol. The Bertz CT molecular complexity index is 602. The summed E-state index contributed by atoms with van der Waals surface area (Å²) in [5.74, 6) is -3.38. The Balaban J connectivity index is 1.57. The summed E-state index contributed by atoms with van der Waals surface area (Å²) in [7, 11) is 0. The van der Waals surface area contributed by atoms with E-state index in [0.29, 0.717) is 25.7 Å². The van der Waals surface area contributed by atoms with Crippen LogP contribution in [0.3, 0.4) is 0 Å². The smallest absolute Gasteiger partial charge is 0.297 e. The number of anilines is 1. The second-order valence-corrected chi connectivity index (χ2v) is 7.05. The van der Waals surface area contributed by atoms with Crippen LogP contribution in [0.2, 0.25) is 0 Å². The van der Waals surface area contributed by atoms with Crippen molar-refractivity contribution in [2.24, 2.45) is 23.7 Å². The van der Waals surface area contributed by atoms with Gasteiger partial charge in [0.25, 0.3) is 0 Å². The summed E-state index contributed by atoms with van der Waals surface area (Å²) in [4.78, 5) is 12.6. The number of aromatic nitrogens is 3. The lowest BCUT2D eigenvalue weighted by Gasteiger charge is -2.48. The molecule has 1 aromatic heterocycles. The minimum Gasteiger partial charge on any atom is -0.297 e. The van der Waals surface area contributed by atoms with Crippen molar-refractivity contribution in [1.82, 2.24) is 14.8 Å². The summed E-state index contributed by atoms with van der Waals surface area (Å²) in [5.41, 5.74) is 0. The van der Waals surface area contributed by atoms with Crippen LogP contribution in [0.15, 0.2) is 6.33 Å². The Morgan fingerprint density at radius 3 is 2.39 bits per heavy atom. The zero-order chi connectivity index (χ0) is 16.2. The van der Waals surface area contributed by atoms with Gasteiger partial charge in [0.15, 0.2) is 0 Å². The molecule has 4 aliphatic rings. The lowest BCUT2D eigenvalue weighted by Crippen LogP contribution is -2.51. The van der Waals surface area contributed by atoms with Gasteiger partial charge in [-0.2, -0.15) is 13.2 Å². The standard InChI is InChI=1S/C15H19F3N4O/c16-15(17,18)12-9-3-1-8(2-4-9)11(12)13(23)20-14-21-19-7-22(14)10-5-6-10/h7-12H,1-6H2,(H,20,21,23)/t8?,9?,11-,12-/m0/s1. The fraction of sp³-hybridized carbons (Fsp3) is 0.800. The molecule has 0 unspecified atom stereocenters. The summed E-state index contributed by atoms with van der Waals surface area (Å²) < 4.78 is 42.2. The van der Waals surface area contributed by atoms with Gasteiger partial charge in [-0.05, 0) is 50.4 Å². The third kappa shape index (κ3) is 2.61. The molecule has 5 nitrogen and oxygen atoms in total. The van der Waals surface area contributed by atoms with Crippen molar-refractivity contribution < 1.29 is 18.0 Å². The maximum absolute atomic E-state index is 13.5. The number of carbonyl (C=O) groups excluding carboxylic acids is 1. The van der Waals surface area contributed by atoms with Gasteiger partial charge in [0.2, 0.25) is 11.9 Å². The van der Waals surface area contributed by atoms with Crippen molar-refractivity contribution in [2.45, 2.75) is 50.7 Å². The average Bonchev–Trinajstić information content (AvgIpc) is 3.26. The van der Waals surface area contributed by atoms with E-state index in [2.05, 4.69) is 15.5 Å². The molecule has 1 N–H and O–H groups in total. The second kappa shape index (κ2) is 5.21. The quantitative estimate of drug-likeness (QED) is 0.927. The molecule has 23 heavy (non-hydrogen) atoms. The zero-order valence-corrected chi connectivity index (χ0v) is 12.6.